The van der Waals surface area contributed by atoms with Crippen molar-refractivity contribution in [2.24, 2.45) is 0 Å². The number of fused-ring (bicyclic) bond motifs is 2. The number of nitrogens with zero attached hydrogens (tertiary/aromatic N) is 3. The van der Waals surface area contributed by atoms with E-state index < -0.39 is 0 Å². The third-order valence-electron chi connectivity index (χ3n) is 5.24. The zero-order chi connectivity index (χ0) is 17.3. The first kappa shape index (κ1) is 15.6. The average molecular weight is 350 g/mol. The number of anilines is 1. The molecule has 0 radical (unpaired) electrons. The van der Waals surface area contributed by atoms with Crippen LogP contribution in [0.5, 0.6) is 0 Å². The van der Waals surface area contributed by atoms with Gasteiger partial charge in [-0.15, -0.1) is 0 Å². The van der Waals surface area contributed by atoms with Crippen molar-refractivity contribution in [3.63, 3.8) is 0 Å². The van der Waals surface area contributed by atoms with Crippen LogP contribution < -0.4 is 10.6 Å². The Morgan fingerprint density at radius 3 is 2.96 bits per heavy atom. The molecule has 7 heteroatoms. The van der Waals surface area contributed by atoms with Gasteiger partial charge in [-0.3, -0.25) is 5.10 Å². The van der Waals surface area contributed by atoms with Crippen LogP contribution in [0.25, 0.3) is 11.6 Å². The van der Waals surface area contributed by atoms with Gasteiger partial charge in [-0.1, -0.05) is 0 Å². The van der Waals surface area contributed by atoms with Gasteiger partial charge in [-0.25, -0.2) is 9.97 Å². The lowest BCUT2D eigenvalue weighted by molar-refractivity contribution is 0.576. The predicted molar refractivity (Wildman–Crippen MR) is 98.0 cm³/mol. The van der Waals surface area contributed by atoms with Crippen molar-refractivity contribution in [3.05, 3.63) is 46.6 Å². The van der Waals surface area contributed by atoms with Gasteiger partial charge in [0, 0.05) is 24.2 Å². The summed E-state index contributed by atoms with van der Waals surface area (Å²) in [4.78, 5) is 9.55. The summed E-state index contributed by atoms with van der Waals surface area (Å²) in [5.41, 5.74) is 6.09. The molecule has 3 N–H and O–H groups in total. The normalized spacial score (nSPS) is 16.2. The molecule has 0 fully saturated rings. The second kappa shape index (κ2) is 6.57. The summed E-state index contributed by atoms with van der Waals surface area (Å²) in [5, 5.41) is 14.6. The molecule has 0 aromatic carbocycles. The zero-order valence-corrected chi connectivity index (χ0v) is 14.6. The fraction of sp³-hybridized carbons (Fsp3) is 0.421. The number of aromatic amines is 1. The minimum Gasteiger partial charge on any atom is -0.461 e. The van der Waals surface area contributed by atoms with Gasteiger partial charge in [0.05, 0.1) is 24.2 Å². The monoisotopic (exact) mass is 350 g/mol. The fourth-order valence-corrected chi connectivity index (χ4v) is 3.91. The fourth-order valence-electron chi connectivity index (χ4n) is 3.91. The number of rotatable bonds is 4. The van der Waals surface area contributed by atoms with Crippen molar-refractivity contribution >= 4 is 5.82 Å². The van der Waals surface area contributed by atoms with Crippen LogP contribution in [-0.4, -0.2) is 33.3 Å². The van der Waals surface area contributed by atoms with Gasteiger partial charge in [0.2, 0.25) is 0 Å². The van der Waals surface area contributed by atoms with Crippen LogP contribution in [0, 0.1) is 0 Å². The highest BCUT2D eigenvalue weighted by molar-refractivity contribution is 5.56. The van der Waals surface area contributed by atoms with E-state index in [4.69, 9.17) is 14.4 Å². The highest BCUT2D eigenvalue weighted by atomic mass is 16.3. The second-order valence-electron chi connectivity index (χ2n) is 6.88. The Morgan fingerprint density at radius 2 is 2.04 bits per heavy atom. The molecule has 0 saturated heterocycles. The predicted octanol–water partition coefficient (Wildman–Crippen LogP) is 2.25. The van der Waals surface area contributed by atoms with Crippen LogP contribution in [0.15, 0.2) is 22.8 Å². The summed E-state index contributed by atoms with van der Waals surface area (Å²) in [6.45, 7) is 2.57. The number of H-pyrrole nitrogens is 1. The number of hydrogen-bond acceptors (Lipinski definition) is 6. The summed E-state index contributed by atoms with van der Waals surface area (Å²) < 4.78 is 5.52. The first-order valence-electron chi connectivity index (χ1n) is 9.32. The van der Waals surface area contributed by atoms with E-state index in [9.17, 15) is 0 Å². The van der Waals surface area contributed by atoms with Crippen LogP contribution in [0.2, 0.25) is 0 Å². The van der Waals surface area contributed by atoms with E-state index in [1.54, 1.807) is 6.26 Å². The quantitative estimate of drug-likeness (QED) is 0.668. The molecule has 3 aromatic heterocycles. The van der Waals surface area contributed by atoms with E-state index in [-0.39, 0.29) is 0 Å². The van der Waals surface area contributed by atoms with Crippen molar-refractivity contribution in [3.8, 4) is 11.6 Å². The summed E-state index contributed by atoms with van der Waals surface area (Å²) in [6, 6.07) is 3.77. The topological polar surface area (TPSA) is 91.7 Å². The van der Waals surface area contributed by atoms with Gasteiger partial charge in [-0.05, 0) is 49.9 Å². The number of aryl methyl sites for hydroxylation is 1. The smallest absolute Gasteiger partial charge is 0.197 e. The van der Waals surface area contributed by atoms with Crippen LogP contribution in [0.1, 0.15) is 34.6 Å². The largest absolute Gasteiger partial charge is 0.461 e. The molecule has 2 aliphatic rings. The standard InChI is InChI=1S/C19H22N6O/c1-3-12-15(4-1)24-25-16(12)11-21-18-13-6-8-20-9-7-14(13)22-19(23-18)17-5-2-10-26-17/h2,5,10,20H,1,3-4,6-9,11H2,(H,24,25)(H,21,22,23). The van der Waals surface area contributed by atoms with Crippen molar-refractivity contribution in [2.75, 3.05) is 18.4 Å². The Morgan fingerprint density at radius 1 is 1.08 bits per heavy atom. The molecule has 1 aliphatic carbocycles. The lowest BCUT2D eigenvalue weighted by atomic mass is 10.1. The molecule has 4 heterocycles. The van der Waals surface area contributed by atoms with Gasteiger partial charge in [-0.2, -0.15) is 5.10 Å². The SMILES string of the molecule is c1coc(-c2nc3c(c(NCc4n[nH]c5c4CCC5)n2)CCNCC3)c1. The van der Waals surface area contributed by atoms with Crippen molar-refractivity contribution in [1.29, 1.82) is 0 Å². The second-order valence-corrected chi connectivity index (χ2v) is 6.88. The first-order valence-corrected chi connectivity index (χ1v) is 9.32. The Kier molecular flexibility index (Phi) is 3.93. The molecule has 26 heavy (non-hydrogen) atoms. The molecule has 134 valence electrons. The molecule has 0 unspecified atom stereocenters. The van der Waals surface area contributed by atoms with Crippen molar-refractivity contribution in [1.82, 2.24) is 25.5 Å². The molecular formula is C19H22N6O. The van der Waals surface area contributed by atoms with Gasteiger partial charge >= 0.3 is 0 Å². The maximum absolute atomic E-state index is 5.52. The Labute approximate surface area is 151 Å². The van der Waals surface area contributed by atoms with Crippen molar-refractivity contribution in [2.45, 2.75) is 38.6 Å². The van der Waals surface area contributed by atoms with Gasteiger partial charge in [0.15, 0.2) is 11.6 Å². The third kappa shape index (κ3) is 2.78. The Balaban J connectivity index is 1.48. The number of furan rings is 1. The zero-order valence-electron chi connectivity index (χ0n) is 14.6. The maximum Gasteiger partial charge on any atom is 0.197 e. The van der Waals surface area contributed by atoms with Gasteiger partial charge in [0.1, 0.15) is 5.82 Å². The van der Waals surface area contributed by atoms with E-state index in [1.165, 1.54) is 23.2 Å². The number of hydrogen-bond donors (Lipinski definition) is 3. The average Bonchev–Trinajstić information content (AvgIpc) is 3.36. The highest BCUT2D eigenvalue weighted by Crippen LogP contribution is 2.27. The minimum absolute atomic E-state index is 0.644. The van der Waals surface area contributed by atoms with E-state index in [1.807, 2.05) is 12.1 Å². The molecule has 7 nitrogen and oxygen atoms in total. The van der Waals surface area contributed by atoms with E-state index in [2.05, 4.69) is 20.8 Å². The summed E-state index contributed by atoms with van der Waals surface area (Å²) >= 11 is 0. The molecule has 0 atom stereocenters. The molecule has 0 saturated carbocycles. The highest BCUT2D eigenvalue weighted by Gasteiger charge is 2.21. The van der Waals surface area contributed by atoms with Crippen LogP contribution in [0.3, 0.4) is 0 Å². The maximum atomic E-state index is 5.52. The molecule has 0 spiro atoms. The molecular weight excluding hydrogens is 328 g/mol. The van der Waals surface area contributed by atoms with Gasteiger partial charge in [0.25, 0.3) is 0 Å². The lowest BCUT2D eigenvalue weighted by Gasteiger charge is -2.14. The summed E-state index contributed by atoms with van der Waals surface area (Å²) in [6.07, 6.45) is 6.93. The Hall–Kier alpha value is -2.67. The minimum atomic E-state index is 0.644. The molecule has 5 rings (SSSR count). The summed E-state index contributed by atoms with van der Waals surface area (Å²) in [7, 11) is 0. The van der Waals surface area contributed by atoms with Crippen molar-refractivity contribution < 1.29 is 4.42 Å². The van der Waals surface area contributed by atoms with Gasteiger partial charge < -0.3 is 15.1 Å². The van der Waals surface area contributed by atoms with E-state index >= 15 is 0 Å². The molecule has 0 amide bonds. The lowest BCUT2D eigenvalue weighted by Crippen LogP contribution is -2.16. The van der Waals surface area contributed by atoms with E-state index in [0.717, 1.165) is 56.0 Å². The van der Waals surface area contributed by atoms with Crippen LogP contribution >= 0.6 is 0 Å². The van der Waals surface area contributed by atoms with Crippen LogP contribution in [0.4, 0.5) is 5.82 Å². The summed E-state index contributed by atoms with van der Waals surface area (Å²) in [5.74, 6) is 2.25. The number of aromatic nitrogens is 4. The third-order valence-corrected chi connectivity index (χ3v) is 5.24. The molecule has 0 bridgehead atoms. The first-order chi connectivity index (χ1) is 12.9. The molecule has 3 aromatic rings. The van der Waals surface area contributed by atoms with Crippen LogP contribution in [-0.2, 0) is 32.2 Å². The molecule has 1 aliphatic heterocycles. The van der Waals surface area contributed by atoms with E-state index in [0.29, 0.717) is 18.1 Å². The Bertz CT molecular complexity index is 915. The number of nitrogens with one attached hydrogen (secondary N) is 3.